The summed E-state index contributed by atoms with van der Waals surface area (Å²) in [4.78, 5) is 27.2. The predicted molar refractivity (Wildman–Crippen MR) is 129 cm³/mol. The van der Waals surface area contributed by atoms with Crippen LogP contribution < -0.4 is 25.3 Å². The third kappa shape index (κ3) is 5.17. The van der Waals surface area contributed by atoms with Crippen molar-refractivity contribution in [1.29, 1.82) is 0 Å². The summed E-state index contributed by atoms with van der Waals surface area (Å²) in [6, 6.07) is 5.33. The second kappa shape index (κ2) is 10.6. The smallest absolute Gasteiger partial charge is 0.222 e. The SMILES string of the molecule is COc1ccc2ncc(F)c(CCN3C[C@H](CNCc4cc5c(cn4)OCCO5)[C@H](C(N)=O)C3)c2n1. The van der Waals surface area contributed by atoms with Crippen molar-refractivity contribution in [2.45, 2.75) is 13.0 Å². The number of pyridine rings is 3. The Bertz CT molecular complexity index is 1260. The molecule has 3 N–H and O–H groups in total. The molecule has 2 aliphatic heterocycles. The number of hydrogen-bond donors (Lipinski definition) is 2. The molecule has 190 valence electrons. The Morgan fingerprint density at radius 3 is 2.86 bits per heavy atom. The first kappa shape index (κ1) is 24.1. The minimum absolute atomic E-state index is 0.0389. The first-order chi connectivity index (χ1) is 17.5. The highest BCUT2D eigenvalue weighted by molar-refractivity contribution is 5.78. The van der Waals surface area contributed by atoms with E-state index in [4.69, 9.17) is 19.9 Å². The summed E-state index contributed by atoms with van der Waals surface area (Å²) in [6.07, 6.45) is 3.32. The molecule has 3 aromatic heterocycles. The number of fused-ring (bicyclic) bond motifs is 2. The third-order valence-electron chi connectivity index (χ3n) is 6.71. The standard InChI is InChI=1S/C25H29FN6O4/c1-34-23-3-2-20-24(31-23)17(19(26)11-30-20)4-5-32-13-15(18(14-32)25(27)33)9-28-10-16-8-21-22(12-29-16)36-7-6-35-21/h2-3,8,11-12,15,18,28H,4-7,9-10,13-14H2,1H3,(H2,27,33)/t15-,18+/m0/s1. The van der Waals surface area contributed by atoms with Gasteiger partial charge >= 0.3 is 0 Å². The minimum atomic E-state index is -0.404. The number of carbonyl (C=O) groups excluding carboxylic acids is 1. The topological polar surface area (TPSA) is 125 Å². The van der Waals surface area contributed by atoms with Gasteiger partial charge in [-0.3, -0.25) is 14.8 Å². The van der Waals surface area contributed by atoms with Gasteiger partial charge in [0, 0.05) is 50.4 Å². The number of ether oxygens (including phenoxy) is 3. The van der Waals surface area contributed by atoms with Gasteiger partial charge in [0.2, 0.25) is 11.8 Å². The number of carbonyl (C=O) groups is 1. The van der Waals surface area contributed by atoms with E-state index in [1.165, 1.54) is 13.3 Å². The molecule has 0 aliphatic carbocycles. The maximum Gasteiger partial charge on any atom is 0.222 e. The molecular weight excluding hydrogens is 467 g/mol. The Kier molecular flexibility index (Phi) is 7.10. The average Bonchev–Trinajstić information content (AvgIpc) is 3.31. The summed E-state index contributed by atoms with van der Waals surface area (Å²) >= 11 is 0. The summed E-state index contributed by atoms with van der Waals surface area (Å²) in [5, 5.41) is 3.39. The number of hydrogen-bond acceptors (Lipinski definition) is 9. The summed E-state index contributed by atoms with van der Waals surface area (Å²) < 4.78 is 31.0. The van der Waals surface area contributed by atoms with E-state index in [1.54, 1.807) is 18.3 Å². The zero-order chi connectivity index (χ0) is 25.1. The largest absolute Gasteiger partial charge is 0.486 e. The van der Waals surface area contributed by atoms with Crippen molar-refractivity contribution in [3.63, 3.8) is 0 Å². The minimum Gasteiger partial charge on any atom is -0.486 e. The molecule has 1 amide bonds. The van der Waals surface area contributed by atoms with Gasteiger partial charge in [0.1, 0.15) is 19.0 Å². The van der Waals surface area contributed by atoms with Crippen molar-refractivity contribution in [3.05, 3.63) is 47.7 Å². The number of rotatable bonds is 9. The molecule has 2 atom stereocenters. The Hall–Kier alpha value is -3.57. The molecule has 2 aliphatic rings. The lowest BCUT2D eigenvalue weighted by molar-refractivity contribution is -0.122. The van der Waals surface area contributed by atoms with E-state index in [-0.39, 0.29) is 17.7 Å². The van der Waals surface area contributed by atoms with Gasteiger partial charge in [-0.15, -0.1) is 0 Å². The molecule has 1 fully saturated rings. The lowest BCUT2D eigenvalue weighted by Crippen LogP contribution is -2.35. The zero-order valence-electron chi connectivity index (χ0n) is 20.1. The molecule has 5 rings (SSSR count). The van der Waals surface area contributed by atoms with Gasteiger partial charge in [0.25, 0.3) is 0 Å². The molecule has 0 saturated carbocycles. The van der Waals surface area contributed by atoms with Gasteiger partial charge in [-0.25, -0.2) is 9.37 Å². The number of nitrogens with two attached hydrogens (primary N) is 1. The fourth-order valence-corrected chi connectivity index (χ4v) is 4.84. The third-order valence-corrected chi connectivity index (χ3v) is 6.71. The van der Waals surface area contributed by atoms with Crippen LogP contribution in [-0.2, 0) is 17.8 Å². The van der Waals surface area contributed by atoms with Crippen molar-refractivity contribution in [1.82, 2.24) is 25.2 Å². The lowest BCUT2D eigenvalue weighted by atomic mass is 9.95. The summed E-state index contributed by atoms with van der Waals surface area (Å²) in [7, 11) is 1.52. The molecule has 0 unspecified atom stereocenters. The number of primary amides is 1. The van der Waals surface area contributed by atoms with Crippen molar-refractivity contribution >= 4 is 16.9 Å². The fourth-order valence-electron chi connectivity index (χ4n) is 4.84. The van der Waals surface area contributed by atoms with Crippen LogP contribution in [0.25, 0.3) is 11.0 Å². The van der Waals surface area contributed by atoms with Gasteiger partial charge in [0.05, 0.1) is 42.1 Å². The second-order valence-corrected chi connectivity index (χ2v) is 9.03. The Morgan fingerprint density at radius 1 is 1.22 bits per heavy atom. The van der Waals surface area contributed by atoms with Crippen LogP contribution in [0.4, 0.5) is 4.39 Å². The first-order valence-corrected chi connectivity index (χ1v) is 12.0. The van der Waals surface area contributed by atoms with Crippen LogP contribution in [0.3, 0.4) is 0 Å². The highest BCUT2D eigenvalue weighted by atomic mass is 19.1. The molecule has 0 aromatic carbocycles. The number of aromatic nitrogens is 3. The van der Waals surface area contributed by atoms with Crippen LogP contribution in [-0.4, -0.2) is 72.3 Å². The number of amides is 1. The Labute approximate surface area is 208 Å². The number of halogens is 1. The predicted octanol–water partition coefficient (Wildman–Crippen LogP) is 1.31. The second-order valence-electron chi connectivity index (χ2n) is 9.03. The molecule has 0 bridgehead atoms. The van der Waals surface area contributed by atoms with Crippen molar-refractivity contribution < 1.29 is 23.4 Å². The normalized spacial score (nSPS) is 19.5. The van der Waals surface area contributed by atoms with Crippen LogP contribution in [0.15, 0.2) is 30.6 Å². The fraction of sp³-hybridized carbons (Fsp3) is 0.440. The summed E-state index contributed by atoms with van der Waals surface area (Å²) in [6.45, 7) is 3.95. The van der Waals surface area contributed by atoms with Crippen LogP contribution in [0.5, 0.6) is 17.4 Å². The van der Waals surface area contributed by atoms with E-state index in [1.807, 2.05) is 6.07 Å². The maximum absolute atomic E-state index is 14.7. The van der Waals surface area contributed by atoms with E-state index >= 15 is 0 Å². The van der Waals surface area contributed by atoms with Gasteiger partial charge in [-0.05, 0) is 18.4 Å². The number of nitrogens with one attached hydrogen (secondary N) is 1. The molecule has 0 spiro atoms. The molecule has 1 saturated heterocycles. The molecule has 11 heteroatoms. The zero-order valence-corrected chi connectivity index (χ0v) is 20.1. The van der Waals surface area contributed by atoms with Crippen molar-refractivity contribution in [2.24, 2.45) is 17.6 Å². The van der Waals surface area contributed by atoms with Crippen LogP contribution in [0.1, 0.15) is 11.3 Å². The van der Waals surface area contributed by atoms with E-state index in [2.05, 4.69) is 25.2 Å². The first-order valence-electron chi connectivity index (χ1n) is 12.0. The number of methoxy groups -OCH3 is 1. The lowest BCUT2D eigenvalue weighted by Gasteiger charge is -2.19. The highest BCUT2D eigenvalue weighted by Crippen LogP contribution is 2.29. The summed E-state index contributed by atoms with van der Waals surface area (Å²) in [5.41, 5.74) is 8.13. The van der Waals surface area contributed by atoms with Crippen molar-refractivity contribution in [3.8, 4) is 17.4 Å². The molecule has 5 heterocycles. The van der Waals surface area contributed by atoms with E-state index in [0.717, 1.165) is 5.69 Å². The van der Waals surface area contributed by atoms with Crippen LogP contribution in [0.2, 0.25) is 0 Å². The van der Waals surface area contributed by atoms with Crippen LogP contribution in [0, 0.1) is 17.7 Å². The number of nitrogens with zero attached hydrogens (tertiary/aromatic N) is 4. The average molecular weight is 497 g/mol. The monoisotopic (exact) mass is 496 g/mol. The molecule has 0 radical (unpaired) electrons. The quantitative estimate of drug-likeness (QED) is 0.451. The van der Waals surface area contributed by atoms with E-state index < -0.39 is 5.82 Å². The molecule has 3 aromatic rings. The van der Waals surface area contributed by atoms with Gasteiger partial charge in [0.15, 0.2) is 11.5 Å². The van der Waals surface area contributed by atoms with Crippen molar-refractivity contribution in [2.75, 3.05) is 46.5 Å². The molecule has 10 nitrogen and oxygen atoms in total. The van der Waals surface area contributed by atoms with Gasteiger partial charge in [-0.2, -0.15) is 0 Å². The summed E-state index contributed by atoms with van der Waals surface area (Å²) in [5.74, 6) is 0.771. The van der Waals surface area contributed by atoms with Crippen LogP contribution >= 0.6 is 0 Å². The molecular formula is C25H29FN6O4. The van der Waals surface area contributed by atoms with Gasteiger partial charge in [-0.1, -0.05) is 0 Å². The maximum atomic E-state index is 14.7. The Balaban J connectivity index is 1.20. The van der Waals surface area contributed by atoms with Gasteiger partial charge < -0.3 is 30.2 Å². The van der Waals surface area contributed by atoms with E-state index in [0.29, 0.717) is 86.3 Å². The Morgan fingerprint density at radius 2 is 2.06 bits per heavy atom. The van der Waals surface area contributed by atoms with E-state index in [9.17, 15) is 9.18 Å². The highest BCUT2D eigenvalue weighted by Gasteiger charge is 2.36. The molecule has 36 heavy (non-hydrogen) atoms. The number of likely N-dealkylation sites (tertiary alicyclic amines) is 1.